The lowest BCUT2D eigenvalue weighted by Gasteiger charge is -2.16. The summed E-state index contributed by atoms with van der Waals surface area (Å²) >= 11 is 1.51. The minimum Gasteiger partial charge on any atom is -0.315 e. The van der Waals surface area contributed by atoms with Crippen LogP contribution < -0.4 is 10.0 Å². The number of rotatable bonds is 6. The molecule has 118 valence electrons. The fourth-order valence-electron chi connectivity index (χ4n) is 3.06. The van der Waals surface area contributed by atoms with Gasteiger partial charge in [0.1, 0.15) is 4.90 Å². The van der Waals surface area contributed by atoms with Crippen molar-refractivity contribution in [2.75, 3.05) is 20.1 Å². The van der Waals surface area contributed by atoms with Crippen molar-refractivity contribution in [1.82, 2.24) is 14.9 Å². The molecule has 0 aromatic carbocycles. The van der Waals surface area contributed by atoms with E-state index in [1.165, 1.54) is 24.2 Å². The van der Waals surface area contributed by atoms with E-state index in [1.54, 1.807) is 0 Å². The summed E-state index contributed by atoms with van der Waals surface area (Å²) < 4.78 is 28.3. The molecule has 2 fully saturated rings. The van der Waals surface area contributed by atoms with Gasteiger partial charge in [-0.25, -0.2) is 13.1 Å². The third-order valence-electron chi connectivity index (χ3n) is 4.20. The number of nitrogens with zero attached hydrogens (tertiary/aromatic N) is 1. The first kappa shape index (κ1) is 15.4. The van der Waals surface area contributed by atoms with E-state index in [4.69, 9.17) is 0 Å². The minimum atomic E-state index is -3.42. The quantitative estimate of drug-likeness (QED) is 0.826. The predicted molar refractivity (Wildman–Crippen MR) is 85.1 cm³/mol. The van der Waals surface area contributed by atoms with Gasteiger partial charge >= 0.3 is 0 Å². The zero-order valence-corrected chi connectivity index (χ0v) is 14.2. The molecule has 1 saturated heterocycles. The molecule has 2 N–H and O–H groups in total. The Morgan fingerprint density at radius 2 is 2.14 bits per heavy atom. The highest BCUT2D eigenvalue weighted by molar-refractivity contribution is 7.89. The molecule has 5 nitrogen and oxygen atoms in total. The van der Waals surface area contributed by atoms with Gasteiger partial charge in [0.25, 0.3) is 0 Å². The third kappa shape index (κ3) is 3.32. The first-order valence-electron chi connectivity index (χ1n) is 7.49. The van der Waals surface area contributed by atoms with Crippen LogP contribution in [0.4, 0.5) is 0 Å². The van der Waals surface area contributed by atoms with Crippen molar-refractivity contribution < 1.29 is 8.42 Å². The fraction of sp³-hybridized carbons (Fsp3) is 0.714. The highest BCUT2D eigenvalue weighted by atomic mass is 32.2. The largest absolute Gasteiger partial charge is 0.315 e. The summed E-state index contributed by atoms with van der Waals surface area (Å²) in [5, 5.41) is 4.97. The van der Waals surface area contributed by atoms with Gasteiger partial charge in [-0.2, -0.15) is 0 Å². The molecule has 2 heterocycles. The van der Waals surface area contributed by atoms with Gasteiger partial charge in [-0.15, -0.1) is 11.3 Å². The summed E-state index contributed by atoms with van der Waals surface area (Å²) in [7, 11) is -1.58. The van der Waals surface area contributed by atoms with Crippen molar-refractivity contribution in [3.05, 3.63) is 15.8 Å². The van der Waals surface area contributed by atoms with Crippen LogP contribution in [0.3, 0.4) is 0 Å². The highest BCUT2D eigenvalue weighted by Gasteiger charge is 2.36. The molecule has 1 atom stereocenters. The lowest BCUT2D eigenvalue weighted by Crippen LogP contribution is -2.38. The van der Waals surface area contributed by atoms with E-state index in [0.29, 0.717) is 17.5 Å². The van der Waals surface area contributed by atoms with Crippen molar-refractivity contribution in [3.8, 4) is 0 Å². The van der Waals surface area contributed by atoms with Crippen LogP contribution in [0, 0.1) is 6.92 Å². The minimum absolute atomic E-state index is 0.0531. The van der Waals surface area contributed by atoms with E-state index in [9.17, 15) is 8.42 Å². The molecular formula is C14H23N3O2S2. The number of nitrogens with one attached hydrogen (secondary N) is 2. The van der Waals surface area contributed by atoms with E-state index in [-0.39, 0.29) is 6.04 Å². The lowest BCUT2D eigenvalue weighted by molar-refractivity contribution is 0.322. The molecular weight excluding hydrogens is 306 g/mol. The van der Waals surface area contributed by atoms with Crippen molar-refractivity contribution in [2.45, 2.75) is 49.7 Å². The Kier molecular flexibility index (Phi) is 4.38. The summed E-state index contributed by atoms with van der Waals surface area (Å²) in [5.41, 5.74) is 0.842. The van der Waals surface area contributed by atoms with Crippen LogP contribution in [0.1, 0.15) is 29.7 Å². The zero-order valence-electron chi connectivity index (χ0n) is 12.6. The summed E-state index contributed by atoms with van der Waals surface area (Å²) in [6.07, 6.45) is 3.46. The topological polar surface area (TPSA) is 61.4 Å². The summed E-state index contributed by atoms with van der Waals surface area (Å²) in [6, 6.07) is 0.763. The number of hydrogen-bond acceptors (Lipinski definition) is 5. The zero-order chi connectivity index (χ0) is 15.0. The lowest BCUT2D eigenvalue weighted by atomic mass is 10.3. The average molecular weight is 329 g/mol. The monoisotopic (exact) mass is 329 g/mol. The van der Waals surface area contributed by atoms with Gasteiger partial charge in [0, 0.05) is 36.6 Å². The maximum atomic E-state index is 12.7. The molecule has 2 aliphatic rings. The smallest absolute Gasteiger partial charge is 0.242 e. The molecule has 1 aliphatic carbocycles. The number of likely N-dealkylation sites (tertiary alicyclic amines) is 1. The molecule has 0 spiro atoms. The molecule has 0 bridgehead atoms. The standard InChI is InChI=1S/C14H23N3O2S2/c1-10-9-20-13(7-15-2)14(10)21(18,19)16-11-5-6-17(8-11)12-3-4-12/h9,11-12,15-16H,3-8H2,1-2H3. The first-order valence-corrected chi connectivity index (χ1v) is 9.85. The van der Waals surface area contributed by atoms with Gasteiger partial charge in [-0.05, 0) is 44.2 Å². The highest BCUT2D eigenvalue weighted by Crippen LogP contribution is 2.31. The molecule has 0 amide bonds. The predicted octanol–water partition coefficient (Wildman–Crippen LogP) is 1.29. The van der Waals surface area contributed by atoms with Gasteiger partial charge in [-0.3, -0.25) is 4.90 Å². The Balaban J connectivity index is 1.73. The normalized spacial score (nSPS) is 23.8. The Morgan fingerprint density at radius 3 is 2.81 bits per heavy atom. The second-order valence-corrected chi connectivity index (χ2v) is 8.65. The maximum absolute atomic E-state index is 12.7. The van der Waals surface area contributed by atoms with Crippen LogP contribution >= 0.6 is 11.3 Å². The first-order chi connectivity index (χ1) is 10.0. The van der Waals surface area contributed by atoms with Gasteiger partial charge in [-0.1, -0.05) is 0 Å². The number of sulfonamides is 1. The van der Waals surface area contributed by atoms with E-state index < -0.39 is 10.0 Å². The number of thiophene rings is 1. The van der Waals surface area contributed by atoms with Crippen molar-refractivity contribution in [1.29, 1.82) is 0 Å². The van der Waals surface area contributed by atoms with E-state index in [1.807, 2.05) is 19.4 Å². The second kappa shape index (κ2) is 5.96. The summed E-state index contributed by atoms with van der Waals surface area (Å²) in [5.74, 6) is 0. The van der Waals surface area contributed by atoms with Gasteiger partial charge < -0.3 is 5.32 Å². The Hall–Kier alpha value is -0.470. The Morgan fingerprint density at radius 1 is 1.38 bits per heavy atom. The Labute approximate surface area is 130 Å². The maximum Gasteiger partial charge on any atom is 0.242 e. The second-order valence-electron chi connectivity index (χ2n) is 6.03. The van der Waals surface area contributed by atoms with Crippen molar-refractivity contribution in [2.24, 2.45) is 0 Å². The molecule has 1 aromatic rings. The molecule has 21 heavy (non-hydrogen) atoms. The van der Waals surface area contributed by atoms with Crippen LogP contribution in [0.5, 0.6) is 0 Å². The summed E-state index contributed by atoms with van der Waals surface area (Å²) in [6.45, 7) is 4.33. The van der Waals surface area contributed by atoms with Crippen molar-refractivity contribution in [3.63, 3.8) is 0 Å². The van der Waals surface area contributed by atoms with Crippen LogP contribution in [0.25, 0.3) is 0 Å². The molecule has 1 unspecified atom stereocenters. The fourth-order valence-corrected chi connectivity index (χ4v) is 6.15. The van der Waals surface area contributed by atoms with Crippen LogP contribution in [-0.2, 0) is 16.6 Å². The number of aryl methyl sites for hydroxylation is 1. The Bertz CT molecular complexity index is 608. The van der Waals surface area contributed by atoms with Crippen LogP contribution in [-0.4, -0.2) is 45.5 Å². The molecule has 1 aliphatic heterocycles. The third-order valence-corrected chi connectivity index (χ3v) is 7.18. The van der Waals surface area contributed by atoms with Crippen molar-refractivity contribution >= 4 is 21.4 Å². The number of hydrogen-bond donors (Lipinski definition) is 2. The van der Waals surface area contributed by atoms with E-state index in [0.717, 1.165) is 30.0 Å². The molecule has 0 radical (unpaired) electrons. The van der Waals surface area contributed by atoms with Gasteiger partial charge in [0.05, 0.1) is 0 Å². The molecule has 7 heteroatoms. The van der Waals surface area contributed by atoms with Gasteiger partial charge in [0.2, 0.25) is 10.0 Å². The molecule has 1 saturated carbocycles. The average Bonchev–Trinajstić information content (AvgIpc) is 3.06. The summed E-state index contributed by atoms with van der Waals surface area (Å²) in [4.78, 5) is 3.79. The SMILES string of the molecule is CNCc1scc(C)c1S(=O)(=O)NC1CCN(C2CC2)C1. The molecule has 1 aromatic heterocycles. The van der Waals surface area contributed by atoms with Crippen LogP contribution in [0.2, 0.25) is 0 Å². The van der Waals surface area contributed by atoms with E-state index in [2.05, 4.69) is 14.9 Å². The molecule has 3 rings (SSSR count). The van der Waals surface area contributed by atoms with Crippen LogP contribution in [0.15, 0.2) is 10.3 Å². The van der Waals surface area contributed by atoms with E-state index >= 15 is 0 Å². The van der Waals surface area contributed by atoms with Gasteiger partial charge in [0.15, 0.2) is 0 Å².